The predicted octanol–water partition coefficient (Wildman–Crippen LogP) is 3.00. The maximum Gasteiger partial charge on any atom is 0.226 e. The number of hydrogen-bond acceptors (Lipinski definition) is 1. The molecule has 1 aromatic rings. The molecule has 1 amide bonds. The van der Waals surface area contributed by atoms with Gasteiger partial charge in [0, 0.05) is 18.4 Å². The second-order valence-corrected chi connectivity index (χ2v) is 5.75. The van der Waals surface area contributed by atoms with Gasteiger partial charge < -0.3 is 4.90 Å². The third-order valence-corrected chi connectivity index (χ3v) is 3.01. The highest BCUT2D eigenvalue weighted by Crippen LogP contribution is 2.07. The molecule has 0 aliphatic rings. The van der Waals surface area contributed by atoms with Gasteiger partial charge in [-0.3, -0.25) is 4.79 Å². The molecule has 94 valence electrons. The minimum Gasteiger partial charge on any atom is -0.345 e. The van der Waals surface area contributed by atoms with Gasteiger partial charge in [0.15, 0.2) is 0 Å². The summed E-state index contributed by atoms with van der Waals surface area (Å²) in [7, 11) is 1.79. The van der Waals surface area contributed by atoms with Crippen LogP contribution in [0.4, 0.5) is 4.39 Å². The molecule has 1 unspecified atom stereocenters. The summed E-state index contributed by atoms with van der Waals surface area (Å²) in [5.41, 5.74) is 0.843. The number of likely N-dealkylation sites (N-methyl/N-ethyl adjacent to an activating group) is 1. The van der Waals surface area contributed by atoms with Gasteiger partial charge in [0.1, 0.15) is 5.82 Å². The van der Waals surface area contributed by atoms with Crippen LogP contribution < -0.4 is 0 Å². The summed E-state index contributed by atoms with van der Waals surface area (Å²) in [6, 6.07) is 6.05. The highest BCUT2D eigenvalue weighted by Gasteiger charge is 2.10. The SMILES string of the molecule is CC(Br)CCN(C)C(=O)Cc1ccc(F)cc1. The van der Waals surface area contributed by atoms with E-state index in [0.717, 1.165) is 18.5 Å². The van der Waals surface area contributed by atoms with Gasteiger partial charge in [-0.15, -0.1) is 0 Å². The second-order valence-electron chi connectivity index (χ2n) is 4.19. The zero-order chi connectivity index (χ0) is 12.8. The first-order valence-corrected chi connectivity index (χ1v) is 6.53. The van der Waals surface area contributed by atoms with Crippen molar-refractivity contribution in [3.8, 4) is 0 Å². The van der Waals surface area contributed by atoms with E-state index in [9.17, 15) is 9.18 Å². The Kier molecular flexibility index (Phi) is 5.62. The lowest BCUT2D eigenvalue weighted by molar-refractivity contribution is -0.129. The van der Waals surface area contributed by atoms with Crippen molar-refractivity contribution >= 4 is 21.8 Å². The molecule has 0 aliphatic heterocycles. The molecule has 0 heterocycles. The summed E-state index contributed by atoms with van der Waals surface area (Å²) in [6.07, 6.45) is 1.25. The van der Waals surface area contributed by atoms with Crippen LogP contribution in [0.2, 0.25) is 0 Å². The molecule has 1 aromatic carbocycles. The summed E-state index contributed by atoms with van der Waals surface area (Å²) in [5.74, 6) is -0.215. The molecule has 1 atom stereocenters. The van der Waals surface area contributed by atoms with E-state index in [1.165, 1.54) is 12.1 Å². The molecule has 2 nitrogen and oxygen atoms in total. The van der Waals surface area contributed by atoms with E-state index in [-0.39, 0.29) is 11.7 Å². The summed E-state index contributed by atoms with van der Waals surface area (Å²) < 4.78 is 12.7. The Morgan fingerprint density at radius 3 is 2.53 bits per heavy atom. The number of carbonyl (C=O) groups is 1. The number of carbonyl (C=O) groups excluding carboxylic acids is 1. The molecule has 0 N–H and O–H groups in total. The number of amides is 1. The Morgan fingerprint density at radius 1 is 1.41 bits per heavy atom. The molecule has 4 heteroatoms. The molecule has 0 bridgehead atoms. The fourth-order valence-electron chi connectivity index (χ4n) is 1.41. The molecule has 0 fully saturated rings. The van der Waals surface area contributed by atoms with Gasteiger partial charge in [-0.2, -0.15) is 0 Å². The summed E-state index contributed by atoms with van der Waals surface area (Å²) in [5, 5.41) is 0. The van der Waals surface area contributed by atoms with Crippen molar-refractivity contribution in [3.63, 3.8) is 0 Å². The zero-order valence-electron chi connectivity index (χ0n) is 10.1. The fourth-order valence-corrected chi connectivity index (χ4v) is 1.61. The van der Waals surface area contributed by atoms with E-state index in [1.807, 2.05) is 0 Å². The fraction of sp³-hybridized carbons (Fsp3) is 0.462. The van der Waals surface area contributed by atoms with Crippen molar-refractivity contribution in [2.75, 3.05) is 13.6 Å². The van der Waals surface area contributed by atoms with Crippen molar-refractivity contribution in [1.29, 1.82) is 0 Å². The average molecular weight is 302 g/mol. The van der Waals surface area contributed by atoms with Crippen molar-refractivity contribution in [2.45, 2.75) is 24.6 Å². The Hall–Kier alpha value is -0.900. The van der Waals surface area contributed by atoms with Crippen LogP contribution in [0.25, 0.3) is 0 Å². The number of hydrogen-bond donors (Lipinski definition) is 0. The molecule has 1 rings (SSSR count). The quantitative estimate of drug-likeness (QED) is 0.766. The Bertz CT molecular complexity index is 364. The molecule has 0 spiro atoms. The van der Waals surface area contributed by atoms with Gasteiger partial charge in [-0.1, -0.05) is 35.0 Å². The average Bonchev–Trinajstić information content (AvgIpc) is 2.28. The van der Waals surface area contributed by atoms with E-state index >= 15 is 0 Å². The minimum absolute atomic E-state index is 0.0600. The van der Waals surface area contributed by atoms with Crippen molar-refractivity contribution in [3.05, 3.63) is 35.6 Å². The molecule has 0 saturated heterocycles. The third kappa shape index (κ3) is 5.31. The Morgan fingerprint density at radius 2 is 2.00 bits per heavy atom. The van der Waals surface area contributed by atoms with Crippen molar-refractivity contribution in [2.24, 2.45) is 0 Å². The lowest BCUT2D eigenvalue weighted by Gasteiger charge is -2.17. The van der Waals surface area contributed by atoms with E-state index in [2.05, 4.69) is 22.9 Å². The van der Waals surface area contributed by atoms with E-state index in [4.69, 9.17) is 0 Å². The van der Waals surface area contributed by atoms with Crippen LogP contribution in [0.15, 0.2) is 24.3 Å². The second kappa shape index (κ2) is 6.74. The standard InChI is InChI=1S/C13H17BrFNO/c1-10(14)7-8-16(2)13(17)9-11-3-5-12(15)6-4-11/h3-6,10H,7-9H2,1-2H3. The Labute approximate surface area is 110 Å². The minimum atomic E-state index is -0.275. The van der Waals surface area contributed by atoms with Crippen LogP contribution in [-0.4, -0.2) is 29.2 Å². The maximum absolute atomic E-state index is 12.7. The molecule has 0 aromatic heterocycles. The third-order valence-electron chi connectivity index (χ3n) is 2.56. The zero-order valence-corrected chi connectivity index (χ0v) is 11.7. The predicted molar refractivity (Wildman–Crippen MR) is 70.7 cm³/mol. The van der Waals surface area contributed by atoms with Crippen LogP contribution in [0.1, 0.15) is 18.9 Å². The summed E-state index contributed by atoms with van der Waals surface area (Å²) >= 11 is 3.45. The topological polar surface area (TPSA) is 20.3 Å². The van der Waals surface area contributed by atoms with Gasteiger partial charge in [0.25, 0.3) is 0 Å². The normalized spacial score (nSPS) is 12.2. The summed E-state index contributed by atoms with van der Waals surface area (Å²) in [4.78, 5) is 13.9. The highest BCUT2D eigenvalue weighted by atomic mass is 79.9. The Balaban J connectivity index is 2.45. The number of benzene rings is 1. The maximum atomic E-state index is 12.7. The van der Waals surface area contributed by atoms with E-state index in [0.29, 0.717) is 11.2 Å². The van der Waals surface area contributed by atoms with Crippen LogP contribution in [-0.2, 0) is 11.2 Å². The van der Waals surface area contributed by atoms with E-state index in [1.54, 1.807) is 24.1 Å². The van der Waals surface area contributed by atoms with Gasteiger partial charge in [0.2, 0.25) is 5.91 Å². The number of alkyl halides is 1. The van der Waals surface area contributed by atoms with Crippen molar-refractivity contribution < 1.29 is 9.18 Å². The number of halogens is 2. The molecular formula is C13H17BrFNO. The monoisotopic (exact) mass is 301 g/mol. The lowest BCUT2D eigenvalue weighted by atomic mass is 10.1. The largest absolute Gasteiger partial charge is 0.345 e. The van der Waals surface area contributed by atoms with Gasteiger partial charge >= 0.3 is 0 Å². The first-order chi connectivity index (χ1) is 7.99. The highest BCUT2D eigenvalue weighted by molar-refractivity contribution is 9.09. The van der Waals surface area contributed by atoms with Gasteiger partial charge in [-0.05, 0) is 24.1 Å². The summed E-state index contributed by atoms with van der Waals surface area (Å²) in [6.45, 7) is 2.78. The lowest BCUT2D eigenvalue weighted by Crippen LogP contribution is -2.30. The molecule has 0 saturated carbocycles. The smallest absolute Gasteiger partial charge is 0.226 e. The van der Waals surface area contributed by atoms with Crippen LogP contribution in [0.5, 0.6) is 0 Å². The number of nitrogens with zero attached hydrogens (tertiary/aromatic N) is 1. The molecule has 17 heavy (non-hydrogen) atoms. The van der Waals surface area contributed by atoms with E-state index < -0.39 is 0 Å². The van der Waals surface area contributed by atoms with Crippen molar-refractivity contribution in [1.82, 2.24) is 4.90 Å². The van der Waals surface area contributed by atoms with Gasteiger partial charge in [-0.25, -0.2) is 4.39 Å². The van der Waals surface area contributed by atoms with Crippen LogP contribution in [0, 0.1) is 5.82 Å². The molecule has 0 radical (unpaired) electrons. The molecular weight excluding hydrogens is 285 g/mol. The number of rotatable bonds is 5. The first kappa shape index (κ1) is 14.2. The molecule has 0 aliphatic carbocycles. The first-order valence-electron chi connectivity index (χ1n) is 5.61. The van der Waals surface area contributed by atoms with Gasteiger partial charge in [0.05, 0.1) is 6.42 Å². The van der Waals surface area contributed by atoms with Crippen LogP contribution in [0.3, 0.4) is 0 Å². The van der Waals surface area contributed by atoms with Crippen LogP contribution >= 0.6 is 15.9 Å².